The van der Waals surface area contributed by atoms with Gasteiger partial charge >= 0.3 is 0 Å². The molecule has 5 rings (SSSR count). The van der Waals surface area contributed by atoms with Crippen LogP contribution in [0.4, 0.5) is 0 Å². The monoisotopic (exact) mass is 379 g/mol. The molecule has 4 nitrogen and oxygen atoms in total. The van der Waals surface area contributed by atoms with Crippen LogP contribution in [0, 0.1) is 0 Å². The summed E-state index contributed by atoms with van der Waals surface area (Å²) in [6.07, 6.45) is 13.1. The van der Waals surface area contributed by atoms with E-state index in [0.29, 0.717) is 12.0 Å². The van der Waals surface area contributed by atoms with Crippen LogP contribution in [0.3, 0.4) is 0 Å². The summed E-state index contributed by atoms with van der Waals surface area (Å²) < 4.78 is 6.44. The number of hydrogen-bond acceptors (Lipinski definition) is 4. The molecule has 0 spiro atoms. The zero-order chi connectivity index (χ0) is 18.8. The fourth-order valence-electron chi connectivity index (χ4n) is 5.42. The van der Waals surface area contributed by atoms with Gasteiger partial charge in [0.15, 0.2) is 0 Å². The minimum Gasteiger partial charge on any atom is -0.360 e. The first-order valence-electron chi connectivity index (χ1n) is 11.3. The number of pyridine rings is 1. The van der Waals surface area contributed by atoms with Crippen molar-refractivity contribution in [3.05, 3.63) is 42.1 Å². The summed E-state index contributed by atoms with van der Waals surface area (Å²) in [6, 6.07) is 11.6. The Morgan fingerprint density at radius 1 is 0.964 bits per heavy atom. The SMILES string of the molecule is c1ccc2ncc(C3CCC(OC4CCN(C5CCCC5)CC4)NC3)cc2c1. The Morgan fingerprint density at radius 2 is 1.79 bits per heavy atom. The number of rotatable bonds is 4. The van der Waals surface area contributed by atoms with Gasteiger partial charge in [-0.25, -0.2) is 0 Å². The summed E-state index contributed by atoms with van der Waals surface area (Å²) >= 11 is 0. The summed E-state index contributed by atoms with van der Waals surface area (Å²) in [5.41, 5.74) is 2.44. The Bertz CT molecular complexity index is 772. The molecule has 1 aliphatic carbocycles. The second kappa shape index (κ2) is 8.48. The highest BCUT2D eigenvalue weighted by Crippen LogP contribution is 2.30. The van der Waals surface area contributed by atoms with Gasteiger partial charge in [0.2, 0.25) is 0 Å². The lowest BCUT2D eigenvalue weighted by Crippen LogP contribution is -2.46. The molecule has 1 aromatic carbocycles. The van der Waals surface area contributed by atoms with E-state index < -0.39 is 0 Å². The predicted molar refractivity (Wildman–Crippen MR) is 113 cm³/mol. The van der Waals surface area contributed by atoms with Crippen LogP contribution in [0.15, 0.2) is 36.5 Å². The Morgan fingerprint density at radius 3 is 2.57 bits per heavy atom. The highest BCUT2D eigenvalue weighted by atomic mass is 16.5. The third-order valence-electron chi connectivity index (χ3n) is 7.13. The van der Waals surface area contributed by atoms with Gasteiger partial charge in [-0.05, 0) is 62.1 Å². The van der Waals surface area contributed by atoms with Crippen molar-refractivity contribution in [3.8, 4) is 0 Å². The number of nitrogens with zero attached hydrogens (tertiary/aromatic N) is 2. The van der Waals surface area contributed by atoms with Crippen molar-refractivity contribution in [2.45, 2.75) is 75.7 Å². The van der Waals surface area contributed by atoms with Gasteiger partial charge in [0.1, 0.15) is 6.23 Å². The standard InChI is InChI=1S/C24H33N3O/c1-4-8-23-18(5-1)15-20(17-25-23)19-9-10-24(26-16-19)28-22-11-13-27(14-12-22)21-6-2-3-7-21/h1,4-5,8,15,17,19,21-22,24,26H,2-3,6-7,9-14,16H2. The Balaban J connectivity index is 1.10. The maximum atomic E-state index is 6.44. The minimum absolute atomic E-state index is 0.229. The van der Waals surface area contributed by atoms with E-state index in [2.05, 4.69) is 51.7 Å². The number of likely N-dealkylation sites (tertiary alicyclic amines) is 1. The van der Waals surface area contributed by atoms with E-state index >= 15 is 0 Å². The molecule has 28 heavy (non-hydrogen) atoms. The molecule has 0 bridgehead atoms. The molecule has 2 unspecified atom stereocenters. The summed E-state index contributed by atoms with van der Waals surface area (Å²) in [5.74, 6) is 0.543. The molecule has 2 atom stereocenters. The predicted octanol–water partition coefficient (Wildman–Crippen LogP) is 4.45. The first-order chi connectivity index (χ1) is 13.8. The molecule has 0 radical (unpaired) electrons. The molecular formula is C24H33N3O. The molecule has 0 amide bonds. The van der Waals surface area contributed by atoms with Crippen LogP contribution < -0.4 is 5.32 Å². The molecular weight excluding hydrogens is 346 g/mol. The number of para-hydroxylation sites is 1. The van der Waals surface area contributed by atoms with Crippen LogP contribution in [0.1, 0.15) is 62.8 Å². The summed E-state index contributed by atoms with van der Waals surface area (Å²) in [6.45, 7) is 3.45. The molecule has 4 heteroatoms. The molecule has 2 saturated heterocycles. The minimum atomic E-state index is 0.229. The first-order valence-corrected chi connectivity index (χ1v) is 11.3. The van der Waals surface area contributed by atoms with E-state index in [1.807, 2.05) is 0 Å². The normalized spacial score (nSPS) is 28.1. The maximum absolute atomic E-state index is 6.44. The fourth-order valence-corrected chi connectivity index (χ4v) is 5.42. The van der Waals surface area contributed by atoms with Crippen LogP contribution in [0.25, 0.3) is 10.9 Å². The van der Waals surface area contributed by atoms with Crippen molar-refractivity contribution in [1.29, 1.82) is 0 Å². The highest BCUT2D eigenvalue weighted by Gasteiger charge is 2.30. The van der Waals surface area contributed by atoms with Crippen molar-refractivity contribution in [3.63, 3.8) is 0 Å². The van der Waals surface area contributed by atoms with Gasteiger partial charge in [0.25, 0.3) is 0 Å². The summed E-state index contributed by atoms with van der Waals surface area (Å²) in [5, 5.41) is 4.91. The number of nitrogens with one attached hydrogen (secondary N) is 1. The van der Waals surface area contributed by atoms with Crippen LogP contribution in [0.2, 0.25) is 0 Å². The van der Waals surface area contributed by atoms with Crippen LogP contribution in [0.5, 0.6) is 0 Å². The largest absolute Gasteiger partial charge is 0.360 e. The van der Waals surface area contributed by atoms with Gasteiger partial charge in [-0.2, -0.15) is 0 Å². The number of piperidine rings is 2. The number of aromatic nitrogens is 1. The number of fused-ring (bicyclic) bond motifs is 1. The Labute approximate surface area is 168 Å². The quantitative estimate of drug-likeness (QED) is 0.851. The van der Waals surface area contributed by atoms with Gasteiger partial charge in [-0.15, -0.1) is 0 Å². The lowest BCUT2D eigenvalue weighted by molar-refractivity contribution is -0.0717. The van der Waals surface area contributed by atoms with E-state index in [-0.39, 0.29) is 6.23 Å². The van der Waals surface area contributed by atoms with Crippen LogP contribution in [-0.4, -0.2) is 47.9 Å². The average molecular weight is 380 g/mol. The molecule has 3 heterocycles. The van der Waals surface area contributed by atoms with Crippen molar-refractivity contribution in [2.75, 3.05) is 19.6 Å². The smallest absolute Gasteiger partial charge is 0.108 e. The molecule has 1 N–H and O–H groups in total. The first kappa shape index (κ1) is 18.5. The van der Waals surface area contributed by atoms with Gasteiger partial charge in [-0.1, -0.05) is 31.0 Å². The Hall–Kier alpha value is -1.49. The van der Waals surface area contributed by atoms with Crippen LogP contribution in [-0.2, 0) is 4.74 Å². The fraction of sp³-hybridized carbons (Fsp3) is 0.625. The zero-order valence-electron chi connectivity index (χ0n) is 16.9. The zero-order valence-corrected chi connectivity index (χ0v) is 16.9. The van der Waals surface area contributed by atoms with E-state index in [0.717, 1.165) is 24.5 Å². The van der Waals surface area contributed by atoms with Gasteiger partial charge in [-0.3, -0.25) is 10.3 Å². The molecule has 3 fully saturated rings. The third-order valence-corrected chi connectivity index (χ3v) is 7.13. The average Bonchev–Trinajstić information content (AvgIpc) is 3.29. The number of ether oxygens (including phenoxy) is 1. The number of benzene rings is 1. The molecule has 1 saturated carbocycles. The summed E-state index contributed by atoms with van der Waals surface area (Å²) in [4.78, 5) is 7.37. The third kappa shape index (κ3) is 4.10. The topological polar surface area (TPSA) is 37.4 Å². The van der Waals surface area contributed by atoms with E-state index in [4.69, 9.17) is 4.74 Å². The highest BCUT2D eigenvalue weighted by molar-refractivity contribution is 5.78. The lowest BCUT2D eigenvalue weighted by Gasteiger charge is -2.38. The van der Waals surface area contributed by atoms with E-state index in [9.17, 15) is 0 Å². The second-order valence-corrected chi connectivity index (χ2v) is 8.94. The molecule has 1 aromatic heterocycles. The van der Waals surface area contributed by atoms with Crippen molar-refractivity contribution in [1.82, 2.24) is 15.2 Å². The van der Waals surface area contributed by atoms with Gasteiger partial charge in [0.05, 0.1) is 11.6 Å². The molecule has 2 aromatic rings. The molecule has 3 aliphatic rings. The second-order valence-electron chi connectivity index (χ2n) is 8.94. The molecule has 150 valence electrons. The lowest BCUT2D eigenvalue weighted by atomic mass is 9.91. The van der Waals surface area contributed by atoms with Crippen molar-refractivity contribution < 1.29 is 4.74 Å². The maximum Gasteiger partial charge on any atom is 0.108 e. The van der Waals surface area contributed by atoms with Crippen molar-refractivity contribution in [2.24, 2.45) is 0 Å². The van der Waals surface area contributed by atoms with Gasteiger partial charge in [0, 0.05) is 37.3 Å². The number of hydrogen-bond donors (Lipinski definition) is 1. The Kier molecular flexibility index (Phi) is 5.61. The van der Waals surface area contributed by atoms with Crippen LogP contribution >= 0.6 is 0 Å². The van der Waals surface area contributed by atoms with Gasteiger partial charge < -0.3 is 9.64 Å². The molecule has 2 aliphatic heterocycles. The van der Waals surface area contributed by atoms with E-state index in [1.165, 1.54) is 69.0 Å². The van der Waals surface area contributed by atoms with E-state index in [1.54, 1.807) is 0 Å². The summed E-state index contributed by atoms with van der Waals surface area (Å²) in [7, 11) is 0. The van der Waals surface area contributed by atoms with Crippen molar-refractivity contribution >= 4 is 10.9 Å².